The number of fused-ring (bicyclic) bond motifs is 9. The van der Waals surface area contributed by atoms with Gasteiger partial charge in [0.1, 0.15) is 30.1 Å². The minimum atomic E-state index is -4.67. The van der Waals surface area contributed by atoms with Gasteiger partial charge in [-0.05, 0) is 152 Å². The average Bonchev–Trinajstić information content (AvgIpc) is 1.53. The molecule has 3 saturated carbocycles. The standard InChI is InChI=1S/C25H34O6.C20H30NO3.2C13H21NO3.BrH.H2O4S/c1-4-5-21-30-20-11-17-16-7-6-14-10-15(27)8-9-23(14,2)22(16)18(28)12-24(17,3)25(20,31-21)19(29)13-26;1-14(2)21(3)16-9-10-17(21)12-18(11-16)24-20(23)19(13-22)15-7-5-4-6-8-15;2*1-13(2,3)14-7-12(17)9-4-5-11(16)10(6-9)8-15;;1-5(2,3)4/h8-10,16-18,20-22,26,28H,4-7,11-13H2,1-3H3;4-8,14,16-19,22H,9-13H2,1-3H3;2*4-6,12,14-17H,7-8H2,1-3H3;1H;(H2,1,2,3,4)/q;+1;;;;/p-1/t16-,17-,18-,20+,21?,22+,23-,24-,25+;16-,17+,18?,19?,21?;;;;/m0...../s1. The molecule has 0 aromatic heterocycles. The van der Waals surface area contributed by atoms with Crippen molar-refractivity contribution >= 4 is 27.9 Å². The summed E-state index contributed by atoms with van der Waals surface area (Å²) in [6.45, 7) is 22.6. The van der Waals surface area contributed by atoms with Crippen LogP contribution in [-0.4, -0.2) is 178 Å². The third-order valence-corrected chi connectivity index (χ3v) is 20.9. The van der Waals surface area contributed by atoms with Crippen LogP contribution < -0.4 is 27.6 Å². The Morgan fingerprint density at radius 3 is 1.76 bits per heavy atom. The number of hydrogen-bond acceptors (Lipinski definition) is 19. The van der Waals surface area contributed by atoms with Gasteiger partial charge in [0, 0.05) is 77.7 Å². The van der Waals surface area contributed by atoms with Crippen molar-refractivity contribution in [1.29, 1.82) is 0 Å². The maximum atomic E-state index is 13.2. The highest BCUT2D eigenvalue weighted by atomic mass is 79.9. The lowest BCUT2D eigenvalue weighted by molar-refractivity contribution is -0.968. The van der Waals surface area contributed by atoms with E-state index in [0.29, 0.717) is 72.7 Å². The number of piperidine rings is 1. The van der Waals surface area contributed by atoms with Crippen LogP contribution in [0.1, 0.15) is 186 Å². The number of aliphatic hydroxyl groups is 7. The number of rotatable bonds is 17. The monoisotopic (exact) mass is 1420 g/mol. The van der Waals surface area contributed by atoms with Gasteiger partial charge in [-0.15, -0.1) is 0 Å². The Labute approximate surface area is 572 Å². The zero-order chi connectivity index (χ0) is 70.1. The Bertz CT molecular complexity index is 3120. The number of ketones is 2. The van der Waals surface area contributed by atoms with E-state index in [1.807, 2.05) is 78.0 Å². The Morgan fingerprint density at radius 1 is 0.789 bits per heavy atom. The topological polar surface area (TPSA) is 360 Å². The second kappa shape index (κ2) is 33.5. The molecule has 3 saturated heterocycles. The highest BCUT2D eigenvalue weighted by Crippen LogP contribution is 2.70. The number of allylic oxidation sites excluding steroid dienone is 4. The Hall–Kier alpha value is -4.58. The van der Waals surface area contributed by atoms with Gasteiger partial charge in [0.2, 0.25) is 0 Å². The van der Waals surface area contributed by atoms with Gasteiger partial charge >= 0.3 is 16.4 Å². The quantitative estimate of drug-likeness (QED) is 0.0501. The maximum Gasteiger partial charge on any atom is 0.394 e. The summed E-state index contributed by atoms with van der Waals surface area (Å²) < 4.78 is 51.2. The molecule has 0 amide bonds. The van der Waals surface area contributed by atoms with Crippen molar-refractivity contribution in [2.45, 2.75) is 231 Å². The molecule has 2 bridgehead atoms. The normalized spacial score (nSPS) is 30.4. The number of carbonyl (C=O) groups excluding carboxylic acids is 3. The smallest absolute Gasteiger partial charge is 0.394 e. The van der Waals surface area contributed by atoms with Gasteiger partial charge in [0.15, 0.2) is 23.5 Å². The first-order chi connectivity index (χ1) is 43.8. The summed E-state index contributed by atoms with van der Waals surface area (Å²) >= 11 is 0. The van der Waals surface area contributed by atoms with Crippen LogP contribution in [0.25, 0.3) is 0 Å². The van der Waals surface area contributed by atoms with Gasteiger partial charge in [0.25, 0.3) is 0 Å². The molecule has 13 N–H and O–H groups in total. The minimum Gasteiger partial charge on any atom is -1.00 e. The number of esters is 1. The molecule has 3 aromatic carbocycles. The number of carbonyl (C=O) groups is 3. The fourth-order valence-electron chi connectivity index (χ4n) is 15.9. The number of aromatic hydroxyl groups is 2. The summed E-state index contributed by atoms with van der Waals surface area (Å²) in [4.78, 5) is 37.8. The highest BCUT2D eigenvalue weighted by molar-refractivity contribution is 7.79. The SMILES string of the molecule is CC(C)(C)NCC(O)c1ccc(O)c(CO)c1.CC(C)(C)NCC(O)c1ccc(O)c(CO)c1.CC(C)[N+]1(C)[C@@H]2CC[C@H]1CC(OC(=O)C(CO)c1ccccc1)C2.CCCC1O[C@@H]2C[C@H]3[C@@H]4CCC5=CC(=O)C=C[C@]5(C)[C@H]4[C@@H](O)C[C@]3(C)[C@]2(C(=O)CO)O1.O=S(=O)(O)O.[Br-]. The predicted molar refractivity (Wildman–Crippen MR) is 354 cm³/mol. The average molecular weight is 1420 g/mol. The van der Waals surface area contributed by atoms with E-state index in [-0.39, 0.29) is 106 Å². The number of halogens is 1. The van der Waals surface area contributed by atoms with Crippen molar-refractivity contribution in [3.05, 3.63) is 118 Å². The number of nitrogens with zero attached hydrogens (tertiary/aromatic N) is 1. The fraction of sp³-hybridized carbons (Fsp3) is 0.648. The van der Waals surface area contributed by atoms with Crippen LogP contribution in [0, 0.1) is 28.6 Å². The Morgan fingerprint density at radius 2 is 1.31 bits per heavy atom. The van der Waals surface area contributed by atoms with Crippen LogP contribution in [-0.2, 0) is 52.2 Å². The Kier molecular flexibility index (Phi) is 28.6. The van der Waals surface area contributed by atoms with Gasteiger partial charge in [-0.25, -0.2) is 0 Å². The Balaban J connectivity index is 0.000000230. The maximum absolute atomic E-state index is 13.2. The number of hydrogen-bond donors (Lipinski definition) is 13. The highest BCUT2D eigenvalue weighted by Gasteiger charge is 2.75. The lowest BCUT2D eigenvalue weighted by Gasteiger charge is -2.59. The van der Waals surface area contributed by atoms with Crippen LogP contribution >= 0.6 is 0 Å². The number of phenols is 2. The van der Waals surface area contributed by atoms with E-state index in [4.69, 9.17) is 41.9 Å². The third kappa shape index (κ3) is 19.5. The molecule has 6 fully saturated rings. The zero-order valence-electron chi connectivity index (χ0n) is 57.3. The van der Waals surface area contributed by atoms with Gasteiger partial charge in [-0.3, -0.25) is 23.5 Å². The lowest BCUT2D eigenvalue weighted by atomic mass is 9.46. The number of quaternary nitrogens is 1. The molecular weight excluding hydrogens is 1310 g/mol. The van der Waals surface area contributed by atoms with Gasteiger partial charge in [-0.1, -0.05) is 81.3 Å². The van der Waals surface area contributed by atoms with E-state index < -0.39 is 64.6 Å². The van der Waals surface area contributed by atoms with Crippen molar-refractivity contribution in [3.8, 4) is 11.5 Å². The van der Waals surface area contributed by atoms with Crippen molar-refractivity contribution in [1.82, 2.24) is 10.6 Å². The van der Waals surface area contributed by atoms with Gasteiger partial charge in [0.05, 0.1) is 69.4 Å². The summed E-state index contributed by atoms with van der Waals surface area (Å²) in [5, 5.41) is 94.3. The van der Waals surface area contributed by atoms with E-state index in [1.54, 1.807) is 36.4 Å². The first-order valence-corrected chi connectivity index (χ1v) is 34.5. The zero-order valence-corrected chi connectivity index (χ0v) is 59.7. The number of benzene rings is 3. The van der Waals surface area contributed by atoms with E-state index in [1.165, 1.54) is 25.0 Å². The summed E-state index contributed by atoms with van der Waals surface area (Å²) in [6.07, 6.45) is 11.4. The van der Waals surface area contributed by atoms with Gasteiger partial charge < -0.3 is 92.3 Å². The van der Waals surface area contributed by atoms with E-state index in [0.717, 1.165) is 47.7 Å². The molecule has 3 aliphatic heterocycles. The minimum absolute atomic E-state index is 0. The number of β-amino-alcohol motifs (C(OH)–C–C–N with tert-alkyl or cyclic N) is 2. The second-order valence-corrected chi connectivity index (χ2v) is 30.3. The van der Waals surface area contributed by atoms with E-state index in [2.05, 4.69) is 52.3 Å². The molecule has 4 aliphatic carbocycles. The van der Waals surface area contributed by atoms with Crippen molar-refractivity contribution in [2.24, 2.45) is 28.6 Å². The number of Topliss-reactive ketones (excluding diaryl/α,β-unsaturated/α-hetero) is 1. The van der Waals surface area contributed by atoms with Gasteiger partial charge in [-0.2, -0.15) is 8.42 Å². The summed E-state index contributed by atoms with van der Waals surface area (Å²) in [5.74, 6) is -0.732. The number of ether oxygens (including phenoxy) is 3. The van der Waals surface area contributed by atoms with Crippen molar-refractivity contribution in [3.63, 3.8) is 0 Å². The van der Waals surface area contributed by atoms with Crippen LogP contribution in [0.15, 0.2) is 90.5 Å². The fourth-order valence-corrected chi connectivity index (χ4v) is 15.9. The van der Waals surface area contributed by atoms with Crippen LogP contribution in [0.3, 0.4) is 0 Å². The third-order valence-electron chi connectivity index (χ3n) is 20.9. The van der Waals surface area contributed by atoms with Crippen molar-refractivity contribution in [2.75, 3.05) is 33.4 Å². The van der Waals surface area contributed by atoms with Crippen LogP contribution in [0.4, 0.5) is 0 Å². The van der Waals surface area contributed by atoms with Crippen LogP contribution in [0.2, 0.25) is 0 Å². The number of aliphatic hydroxyl groups excluding tert-OH is 7. The molecule has 3 aromatic rings. The molecule has 0 spiro atoms. The molecule has 10 rings (SSSR count). The molecule has 24 heteroatoms. The first kappa shape index (κ1) is 81.1. The molecule has 3 heterocycles. The summed E-state index contributed by atoms with van der Waals surface area (Å²) in [6, 6.07) is 20.7. The first-order valence-electron chi connectivity index (χ1n) is 33.1. The molecule has 534 valence electrons. The summed E-state index contributed by atoms with van der Waals surface area (Å²) in [7, 11) is -2.30. The molecular formula is C71H108BrN3O19S. The largest absolute Gasteiger partial charge is 1.00 e. The van der Waals surface area contributed by atoms with E-state index in [9.17, 15) is 50.1 Å². The molecule has 95 heavy (non-hydrogen) atoms. The molecule has 6 unspecified atom stereocenters. The van der Waals surface area contributed by atoms with Crippen molar-refractivity contribution < 1.29 is 114 Å². The molecule has 7 aliphatic rings. The van der Waals surface area contributed by atoms with Crippen LogP contribution in [0.5, 0.6) is 11.5 Å². The lowest BCUT2D eigenvalue weighted by Crippen LogP contribution is -3.00. The van der Waals surface area contributed by atoms with E-state index >= 15 is 0 Å². The second-order valence-electron chi connectivity index (χ2n) is 29.4. The number of nitrogens with one attached hydrogen (secondary N) is 2. The molecule has 22 nitrogen and oxygen atoms in total. The molecule has 16 atom stereocenters. The predicted octanol–water partition coefficient (Wildman–Crippen LogP) is 4.53. The molecule has 0 radical (unpaired) electrons. The summed E-state index contributed by atoms with van der Waals surface area (Å²) in [5.41, 5.74) is 1.89.